The average molecular weight is 723 g/mol. The van der Waals surface area contributed by atoms with Crippen LogP contribution < -0.4 is 0 Å². The Balaban J connectivity index is 1.20. The summed E-state index contributed by atoms with van der Waals surface area (Å²) in [6, 6.07) is 45.2. The van der Waals surface area contributed by atoms with E-state index in [2.05, 4.69) is 60.4 Å². The van der Waals surface area contributed by atoms with Crippen LogP contribution >= 0.6 is 0 Å². The lowest BCUT2D eigenvalue weighted by atomic mass is 9.32. The smallest absolute Gasteiger partial charge is 0.335 e. The molecule has 270 valence electrons. The molecule has 0 aromatic heterocycles. The van der Waals surface area contributed by atoms with Crippen molar-refractivity contribution in [3.63, 3.8) is 0 Å². The number of hydrogen-bond acceptors (Lipinski definition) is 3. The van der Waals surface area contributed by atoms with Crippen molar-refractivity contribution >= 4 is 17.9 Å². The Labute approximate surface area is 319 Å². The van der Waals surface area contributed by atoms with E-state index in [1.54, 1.807) is 36.4 Å². The molecule has 3 N–H and O–H groups in total. The predicted molar refractivity (Wildman–Crippen MR) is 210 cm³/mol. The van der Waals surface area contributed by atoms with Gasteiger partial charge in [-0.05, 0) is 148 Å². The maximum Gasteiger partial charge on any atom is 0.335 e. The fourth-order valence-corrected chi connectivity index (χ4v) is 11.1. The van der Waals surface area contributed by atoms with E-state index in [1.165, 1.54) is 5.56 Å². The van der Waals surface area contributed by atoms with Crippen LogP contribution in [0.2, 0.25) is 0 Å². The Kier molecular flexibility index (Phi) is 7.84. The summed E-state index contributed by atoms with van der Waals surface area (Å²) in [4.78, 5) is 35.8. The quantitative estimate of drug-likeness (QED) is 0.142. The minimum Gasteiger partial charge on any atom is -0.478 e. The summed E-state index contributed by atoms with van der Waals surface area (Å²) in [5.74, 6) is 3.89. The fraction of sp³-hybridized carbons (Fsp3) is 0.204. The Morgan fingerprint density at radius 2 is 0.764 bits per heavy atom. The first-order valence-electron chi connectivity index (χ1n) is 18.6. The monoisotopic (exact) mass is 722 g/mol. The third kappa shape index (κ3) is 5.70. The second-order valence-corrected chi connectivity index (χ2v) is 16.2. The molecule has 0 heterocycles. The number of hydrogen-bond donors (Lipinski definition) is 3. The molecule has 4 aromatic carbocycles. The summed E-state index contributed by atoms with van der Waals surface area (Å²) in [6.45, 7) is 0. The molecule has 0 spiro atoms. The van der Waals surface area contributed by atoms with Gasteiger partial charge in [-0.25, -0.2) is 14.4 Å². The molecule has 6 aliphatic rings. The zero-order chi connectivity index (χ0) is 38.0. The third-order valence-corrected chi connectivity index (χ3v) is 12.9. The van der Waals surface area contributed by atoms with Gasteiger partial charge in [0.2, 0.25) is 0 Å². The van der Waals surface area contributed by atoms with Crippen molar-refractivity contribution in [1.29, 1.82) is 0 Å². The topological polar surface area (TPSA) is 112 Å². The first-order chi connectivity index (χ1) is 26.5. The zero-order valence-electron chi connectivity index (χ0n) is 30.1. The first-order valence-corrected chi connectivity index (χ1v) is 18.6. The molecule has 6 heteroatoms. The molecule has 4 aromatic rings. The van der Waals surface area contributed by atoms with Crippen molar-refractivity contribution in [3.8, 4) is 23.0 Å². The Hall–Kier alpha value is -6.45. The van der Waals surface area contributed by atoms with Gasteiger partial charge in [-0.1, -0.05) is 96.8 Å². The molecule has 0 radical (unpaired) electrons. The number of carbonyl (C=O) groups is 3. The molecule has 0 unspecified atom stereocenters. The van der Waals surface area contributed by atoms with Crippen molar-refractivity contribution in [2.24, 2.45) is 0 Å². The molecule has 0 aliphatic heterocycles. The van der Waals surface area contributed by atoms with E-state index in [-0.39, 0.29) is 38.4 Å². The van der Waals surface area contributed by atoms with Crippen LogP contribution in [-0.4, -0.2) is 33.2 Å². The summed E-state index contributed by atoms with van der Waals surface area (Å²) in [5.41, 5.74) is 8.02. The first kappa shape index (κ1) is 34.3. The summed E-state index contributed by atoms with van der Waals surface area (Å²) in [6.07, 6.45) is 5.05. The summed E-state index contributed by atoms with van der Waals surface area (Å²) >= 11 is 0. The Morgan fingerprint density at radius 1 is 0.400 bits per heavy atom. The van der Waals surface area contributed by atoms with Crippen molar-refractivity contribution in [1.82, 2.24) is 0 Å². The lowest BCUT2D eigenvalue weighted by Crippen LogP contribution is -2.67. The number of rotatable bonds is 7. The Bertz CT molecular complexity index is 2330. The molecule has 4 bridgehead atoms. The van der Waals surface area contributed by atoms with Crippen LogP contribution in [0, 0.1) is 11.8 Å². The van der Waals surface area contributed by atoms with Gasteiger partial charge in [-0.3, -0.25) is 0 Å². The van der Waals surface area contributed by atoms with Crippen LogP contribution in [0.3, 0.4) is 0 Å². The minimum atomic E-state index is -0.970. The lowest BCUT2D eigenvalue weighted by molar-refractivity contribution is -0.0692. The molecule has 6 aliphatic carbocycles. The molecule has 6 nitrogen and oxygen atoms in total. The van der Waals surface area contributed by atoms with E-state index in [0.717, 1.165) is 77.5 Å². The third-order valence-electron chi connectivity index (χ3n) is 12.9. The van der Waals surface area contributed by atoms with Crippen LogP contribution in [0.4, 0.5) is 0 Å². The second-order valence-electron chi connectivity index (χ2n) is 16.2. The molecule has 4 fully saturated rings. The number of fused-ring (bicyclic) bond motifs is 1. The number of benzene rings is 4. The van der Waals surface area contributed by atoms with E-state index in [1.807, 2.05) is 54.6 Å². The van der Waals surface area contributed by atoms with Gasteiger partial charge in [0.1, 0.15) is 0 Å². The highest BCUT2D eigenvalue weighted by Gasteiger charge is 2.69. The highest BCUT2D eigenvalue weighted by atomic mass is 16.4. The molecular weight excluding hydrogens is 685 g/mol. The van der Waals surface area contributed by atoms with Crippen molar-refractivity contribution in [2.75, 3.05) is 0 Å². The van der Waals surface area contributed by atoms with Crippen molar-refractivity contribution < 1.29 is 29.7 Å². The van der Waals surface area contributed by atoms with E-state index in [4.69, 9.17) is 0 Å². The molecule has 0 saturated heterocycles. The standard InChI is InChI=1S/C49H38O6/c50-43(51)35-12-20-39(21-13-35)47-26-46(38-18-7-32(8-19-38)6-9-34-11-10-33-4-2-1-3-5-42(33)34)27-48(29-47,40-22-14-36(15-23-40)44(52)53)31-49(28-46,30-47)41-24-16-37(17-25-41)45(54)55/h1-5,7-8,10-25H,26-31H2,(H,50,51)(H,52,53)(H,54,55). The number of aromatic carboxylic acids is 3. The second kappa shape index (κ2) is 12.6. The molecule has 4 saturated carbocycles. The van der Waals surface area contributed by atoms with E-state index in [0.29, 0.717) is 0 Å². The van der Waals surface area contributed by atoms with E-state index < -0.39 is 17.9 Å². The number of carboxylic acid groups (broad SMARTS) is 3. The van der Waals surface area contributed by atoms with Crippen LogP contribution in [0.5, 0.6) is 0 Å². The highest BCUT2D eigenvalue weighted by molar-refractivity contribution is 5.88. The van der Waals surface area contributed by atoms with Gasteiger partial charge >= 0.3 is 17.9 Å². The molecular formula is C49H38O6. The van der Waals surface area contributed by atoms with Crippen LogP contribution in [0.1, 0.15) is 103 Å². The van der Waals surface area contributed by atoms with Gasteiger partial charge < -0.3 is 15.3 Å². The van der Waals surface area contributed by atoms with Gasteiger partial charge in [0.25, 0.3) is 0 Å². The van der Waals surface area contributed by atoms with E-state index >= 15 is 0 Å². The van der Waals surface area contributed by atoms with Crippen molar-refractivity contribution in [3.05, 3.63) is 190 Å². The lowest BCUT2D eigenvalue weighted by Gasteiger charge is -2.71. The molecule has 10 rings (SSSR count). The van der Waals surface area contributed by atoms with Crippen molar-refractivity contribution in [2.45, 2.75) is 60.2 Å². The minimum absolute atomic E-state index is 0.237. The summed E-state index contributed by atoms with van der Waals surface area (Å²) in [7, 11) is 0. The predicted octanol–water partition coefficient (Wildman–Crippen LogP) is 9.72. The SMILES string of the molecule is O=C(O)c1ccc(C23CC4(c5ccc(C#Cc6ccc7cccccc6-7)cc5)CC(c5ccc(C(=O)O)cc5)(C2)CC(c2ccc(C(=O)O)cc2)(C4)C3)cc1. The van der Waals surface area contributed by atoms with Gasteiger partial charge in [0.05, 0.1) is 16.7 Å². The van der Waals surface area contributed by atoms with Crippen LogP contribution in [0.15, 0.2) is 140 Å². The van der Waals surface area contributed by atoms with Gasteiger partial charge in [-0.15, -0.1) is 0 Å². The molecule has 0 atom stereocenters. The zero-order valence-corrected chi connectivity index (χ0v) is 30.1. The molecule has 0 amide bonds. The van der Waals surface area contributed by atoms with Gasteiger partial charge in [0, 0.05) is 11.1 Å². The maximum absolute atomic E-state index is 11.9. The Morgan fingerprint density at radius 3 is 1.15 bits per heavy atom. The summed E-state index contributed by atoms with van der Waals surface area (Å²) < 4.78 is 0. The maximum atomic E-state index is 11.9. The van der Waals surface area contributed by atoms with Crippen LogP contribution in [-0.2, 0) is 21.7 Å². The normalized spacial score (nSPS) is 24.9. The van der Waals surface area contributed by atoms with E-state index in [9.17, 15) is 29.7 Å². The fourth-order valence-electron chi connectivity index (χ4n) is 11.1. The van der Waals surface area contributed by atoms with Gasteiger partial charge in [-0.2, -0.15) is 0 Å². The number of carboxylic acids is 3. The van der Waals surface area contributed by atoms with Gasteiger partial charge in [0.15, 0.2) is 0 Å². The average Bonchev–Trinajstić information content (AvgIpc) is 3.41. The van der Waals surface area contributed by atoms with Crippen LogP contribution in [0.25, 0.3) is 11.1 Å². The summed E-state index contributed by atoms with van der Waals surface area (Å²) in [5, 5.41) is 29.3. The molecule has 55 heavy (non-hydrogen) atoms. The highest BCUT2D eigenvalue weighted by Crippen LogP contribution is 2.74. The largest absolute Gasteiger partial charge is 0.478 e.